The summed E-state index contributed by atoms with van der Waals surface area (Å²) in [4.78, 5) is 29.1. The largest absolute Gasteiger partial charge is 0.528 e. The summed E-state index contributed by atoms with van der Waals surface area (Å²) in [5.74, 6) is -2.51. The molecule has 0 aliphatic rings. The van der Waals surface area contributed by atoms with Gasteiger partial charge in [0.25, 0.3) is 5.91 Å². The lowest BCUT2D eigenvalue weighted by Gasteiger charge is -2.19. The van der Waals surface area contributed by atoms with E-state index in [1.54, 1.807) is 37.5 Å². The van der Waals surface area contributed by atoms with Crippen LogP contribution in [0.15, 0.2) is 54.6 Å². The van der Waals surface area contributed by atoms with Crippen LogP contribution >= 0.6 is 0 Å². The number of nitrogens with zero attached hydrogens (tertiary/aromatic N) is 4. The summed E-state index contributed by atoms with van der Waals surface area (Å²) in [5, 5.41) is 20.0. The van der Waals surface area contributed by atoms with Crippen LogP contribution in [0.3, 0.4) is 0 Å². The first-order valence-electron chi connectivity index (χ1n) is 8.59. The van der Waals surface area contributed by atoms with Crippen molar-refractivity contribution in [1.82, 2.24) is 9.47 Å². The number of benzene rings is 1. The van der Waals surface area contributed by atoms with E-state index in [1.807, 2.05) is 24.3 Å². The first-order valence-corrected chi connectivity index (χ1v) is 8.59. The average Bonchev–Trinajstić information content (AvgIpc) is 2.98. The Kier molecular flexibility index (Phi) is 5.89. The van der Waals surface area contributed by atoms with Crippen molar-refractivity contribution in [2.24, 2.45) is 0 Å². The van der Waals surface area contributed by atoms with Gasteiger partial charge in [0.15, 0.2) is 4.98 Å². The van der Waals surface area contributed by atoms with Crippen molar-refractivity contribution in [3.8, 4) is 0 Å². The topological polar surface area (TPSA) is 99.9 Å². The van der Waals surface area contributed by atoms with E-state index in [1.165, 1.54) is 7.05 Å². The highest BCUT2D eigenvalue weighted by molar-refractivity contribution is 6.11. The standard InChI is InChI=1S/C20H22N4O4/c1-6-11-24-14-10-8-7-9-13(14)12-15(24)17(25)23(5)18(26)16(22-21)19(27)28-20(2,3)4/h6-10,12H,1,11H2,2-5H3/p+1. The number of ether oxygens (including phenoxy) is 1. The van der Waals surface area contributed by atoms with E-state index in [0.717, 1.165) is 15.8 Å². The number of imide groups is 1. The van der Waals surface area contributed by atoms with E-state index < -0.39 is 29.1 Å². The molecule has 2 rings (SSSR count). The minimum atomic E-state index is -1.01. The number of hydrogen-bond acceptors (Lipinski definition) is 5. The molecule has 0 fully saturated rings. The maximum atomic E-state index is 13.0. The maximum Gasteiger partial charge on any atom is 0.528 e. The second-order valence-electron chi connectivity index (χ2n) is 7.13. The van der Waals surface area contributed by atoms with E-state index in [4.69, 9.17) is 10.1 Å². The Morgan fingerprint density at radius 3 is 2.57 bits per heavy atom. The molecule has 1 aromatic carbocycles. The van der Waals surface area contributed by atoms with Gasteiger partial charge in [-0.3, -0.25) is 14.5 Å². The van der Waals surface area contributed by atoms with Gasteiger partial charge in [-0.05, 0) is 32.9 Å². The van der Waals surface area contributed by atoms with Gasteiger partial charge in [0.05, 0.1) is 0 Å². The molecule has 0 radical (unpaired) electrons. The van der Waals surface area contributed by atoms with Crippen LogP contribution in [0.5, 0.6) is 0 Å². The number of fused-ring (bicyclic) bond motifs is 1. The van der Waals surface area contributed by atoms with Gasteiger partial charge in [0.1, 0.15) is 11.3 Å². The molecule has 8 heteroatoms. The minimum absolute atomic E-state index is 0.255. The van der Waals surface area contributed by atoms with Crippen LogP contribution in [0.2, 0.25) is 0 Å². The van der Waals surface area contributed by atoms with Crippen molar-refractivity contribution in [1.29, 1.82) is 5.39 Å². The highest BCUT2D eigenvalue weighted by Gasteiger charge is 2.38. The Bertz CT molecular complexity index is 1010. The molecule has 0 unspecified atom stereocenters. The van der Waals surface area contributed by atoms with Crippen molar-refractivity contribution in [3.05, 3.63) is 65.3 Å². The molecule has 1 N–H and O–H groups in total. The Balaban J connectivity index is 2.44. The SMILES string of the molecule is C=CCn1c(C(=O)N(C)C(=O)/C([N+]#N)=C(\O)OC(C)(C)C)cc2ccccc21. The van der Waals surface area contributed by atoms with Gasteiger partial charge in [0.2, 0.25) is 5.39 Å². The smallest absolute Gasteiger partial charge is 0.475 e. The number of para-hydroxylation sites is 1. The van der Waals surface area contributed by atoms with Crippen LogP contribution < -0.4 is 0 Å². The Hall–Kier alpha value is -3.60. The second kappa shape index (κ2) is 7.96. The third kappa shape index (κ3) is 4.20. The molecular weight excluding hydrogens is 360 g/mol. The molecular formula is C20H23N4O4+. The zero-order valence-corrected chi connectivity index (χ0v) is 16.3. The number of likely N-dealkylation sites (N-methyl/N-ethyl adjacent to an activating group) is 1. The number of hydrogen-bond donors (Lipinski definition) is 1. The summed E-state index contributed by atoms with van der Waals surface area (Å²) in [6.45, 7) is 9.00. The number of amides is 2. The molecule has 0 spiro atoms. The fraction of sp³-hybridized carbons (Fsp3) is 0.300. The van der Waals surface area contributed by atoms with Crippen LogP contribution in [-0.2, 0) is 16.1 Å². The quantitative estimate of drug-likeness (QED) is 0.366. The first kappa shape index (κ1) is 20.7. The second-order valence-corrected chi connectivity index (χ2v) is 7.13. The summed E-state index contributed by atoms with van der Waals surface area (Å²) in [7, 11) is 1.23. The molecule has 0 saturated carbocycles. The number of rotatable bonds is 5. The number of aromatic nitrogens is 1. The number of allylic oxidation sites excluding steroid dienone is 1. The van der Waals surface area contributed by atoms with Gasteiger partial charge >= 0.3 is 17.5 Å². The number of diazo groups is 1. The van der Waals surface area contributed by atoms with Crippen molar-refractivity contribution in [2.75, 3.05) is 7.05 Å². The van der Waals surface area contributed by atoms with Gasteiger partial charge in [-0.25, -0.2) is 0 Å². The summed E-state index contributed by atoms with van der Waals surface area (Å²) in [5.41, 5.74) is -0.532. The molecule has 2 aromatic rings. The van der Waals surface area contributed by atoms with E-state index in [2.05, 4.69) is 11.6 Å². The van der Waals surface area contributed by atoms with E-state index in [0.29, 0.717) is 6.54 Å². The zero-order chi connectivity index (χ0) is 21.1. The minimum Gasteiger partial charge on any atom is -0.475 e. The van der Waals surface area contributed by atoms with Gasteiger partial charge in [-0.2, -0.15) is 0 Å². The van der Waals surface area contributed by atoms with Gasteiger partial charge < -0.3 is 14.4 Å². The normalized spacial score (nSPS) is 12.1. The predicted molar refractivity (Wildman–Crippen MR) is 105 cm³/mol. The monoisotopic (exact) mass is 383 g/mol. The van der Waals surface area contributed by atoms with Crippen molar-refractivity contribution < 1.29 is 19.4 Å². The zero-order valence-electron chi connectivity index (χ0n) is 16.3. The summed E-state index contributed by atoms with van der Waals surface area (Å²) in [6.07, 6.45) is 1.64. The fourth-order valence-electron chi connectivity index (χ4n) is 2.65. The van der Waals surface area contributed by atoms with Crippen molar-refractivity contribution in [2.45, 2.75) is 32.9 Å². The molecule has 0 bridgehead atoms. The first-order chi connectivity index (χ1) is 13.1. The van der Waals surface area contributed by atoms with E-state index >= 15 is 0 Å². The van der Waals surface area contributed by atoms with Crippen LogP contribution in [0, 0.1) is 5.39 Å². The summed E-state index contributed by atoms with van der Waals surface area (Å²) in [6, 6.07) is 9.06. The molecule has 0 aliphatic heterocycles. The van der Waals surface area contributed by atoms with Crippen LogP contribution in [-0.4, -0.2) is 39.0 Å². The number of carbonyl (C=O) groups excluding carboxylic acids is 2. The van der Waals surface area contributed by atoms with Crippen molar-refractivity contribution >= 4 is 22.7 Å². The number of aliphatic hydroxyl groups excluding tert-OH is 1. The van der Waals surface area contributed by atoms with Gasteiger partial charge in [-0.1, -0.05) is 24.3 Å². The molecule has 1 heterocycles. The van der Waals surface area contributed by atoms with Gasteiger partial charge in [-0.15, -0.1) is 6.58 Å². The average molecular weight is 383 g/mol. The molecule has 8 nitrogen and oxygen atoms in total. The molecule has 2 amide bonds. The Morgan fingerprint density at radius 1 is 1.36 bits per heavy atom. The molecule has 0 saturated heterocycles. The molecule has 0 atom stereocenters. The lowest BCUT2D eigenvalue weighted by Crippen LogP contribution is -2.36. The number of aliphatic hydroxyl groups is 1. The highest BCUT2D eigenvalue weighted by Crippen LogP contribution is 2.22. The summed E-state index contributed by atoms with van der Waals surface area (Å²) < 4.78 is 6.88. The molecule has 1 aromatic heterocycles. The fourth-order valence-corrected chi connectivity index (χ4v) is 2.65. The Labute approximate surface area is 162 Å². The van der Waals surface area contributed by atoms with Gasteiger partial charge in [0, 0.05) is 24.5 Å². The lowest BCUT2D eigenvalue weighted by molar-refractivity contribution is -0.124. The number of carbonyl (C=O) groups is 2. The third-order valence-electron chi connectivity index (χ3n) is 3.86. The van der Waals surface area contributed by atoms with Crippen LogP contribution in [0.4, 0.5) is 0 Å². The van der Waals surface area contributed by atoms with Crippen molar-refractivity contribution in [3.63, 3.8) is 0 Å². The maximum absolute atomic E-state index is 13.0. The molecule has 28 heavy (non-hydrogen) atoms. The summed E-state index contributed by atoms with van der Waals surface area (Å²) >= 11 is 0. The predicted octanol–water partition coefficient (Wildman–Crippen LogP) is 3.82. The highest BCUT2D eigenvalue weighted by atomic mass is 16.6. The van der Waals surface area contributed by atoms with E-state index in [-0.39, 0.29) is 5.69 Å². The molecule has 0 aliphatic carbocycles. The molecule has 146 valence electrons. The van der Waals surface area contributed by atoms with Crippen LogP contribution in [0.1, 0.15) is 31.3 Å². The lowest BCUT2D eigenvalue weighted by atomic mass is 10.2. The van der Waals surface area contributed by atoms with Crippen LogP contribution in [0.25, 0.3) is 15.9 Å². The Morgan fingerprint density at radius 2 is 2.00 bits per heavy atom. The third-order valence-corrected chi connectivity index (χ3v) is 3.86. The van der Waals surface area contributed by atoms with E-state index in [9.17, 15) is 14.7 Å².